The molecule has 15 heteroatoms. The summed E-state index contributed by atoms with van der Waals surface area (Å²) in [5, 5.41) is 0. The molecule has 2 N–H and O–H groups in total. The van der Waals surface area contributed by atoms with Gasteiger partial charge in [-0.05, 0) is 44.5 Å². The highest BCUT2D eigenvalue weighted by Crippen LogP contribution is 2.35. The lowest BCUT2D eigenvalue weighted by Gasteiger charge is -2.32. The van der Waals surface area contributed by atoms with Crippen LogP contribution in [0.25, 0.3) is 0 Å². The van der Waals surface area contributed by atoms with Crippen LogP contribution in [-0.2, 0) is 38.1 Å². The van der Waals surface area contributed by atoms with E-state index in [4.69, 9.17) is 38.9 Å². The highest BCUT2D eigenvalue weighted by atomic mass is 19.1. The van der Waals surface area contributed by atoms with E-state index in [0.29, 0.717) is 24.5 Å². The van der Waals surface area contributed by atoms with Gasteiger partial charge in [0, 0.05) is 23.1 Å². The van der Waals surface area contributed by atoms with Crippen molar-refractivity contribution < 1.29 is 56.7 Å². The second kappa shape index (κ2) is 18.7. The van der Waals surface area contributed by atoms with Gasteiger partial charge in [0.15, 0.2) is 0 Å². The summed E-state index contributed by atoms with van der Waals surface area (Å²) in [4.78, 5) is 51.5. The maximum Gasteiger partial charge on any atom is 0.325 e. The molecule has 0 amide bonds. The second-order valence-corrected chi connectivity index (χ2v) is 12.6. The van der Waals surface area contributed by atoms with E-state index in [1.54, 1.807) is 18.2 Å². The van der Waals surface area contributed by atoms with E-state index >= 15 is 0 Å². The van der Waals surface area contributed by atoms with Crippen LogP contribution in [0.1, 0.15) is 34.1 Å². The van der Waals surface area contributed by atoms with Crippen molar-refractivity contribution in [2.24, 2.45) is 11.1 Å². The number of anilines is 2. The predicted molar refractivity (Wildman–Crippen MR) is 178 cm³/mol. The average Bonchev–Trinajstić information content (AvgIpc) is 3.03. The Labute approximate surface area is 286 Å². The third-order valence-corrected chi connectivity index (χ3v) is 6.89. The Hall–Kier alpha value is -4.79. The van der Waals surface area contributed by atoms with Crippen molar-refractivity contribution in [1.82, 2.24) is 0 Å². The number of nitrogens with two attached hydrogens (primary N) is 1. The van der Waals surface area contributed by atoms with Gasteiger partial charge in [-0.15, -0.1) is 0 Å². The number of carbonyl (C=O) groups excluding carboxylic acids is 4. The smallest absolute Gasteiger partial charge is 0.325 e. The van der Waals surface area contributed by atoms with E-state index in [2.05, 4.69) is 0 Å². The summed E-state index contributed by atoms with van der Waals surface area (Å²) < 4.78 is 51.5. The van der Waals surface area contributed by atoms with Crippen molar-refractivity contribution in [3.8, 4) is 17.2 Å². The molecule has 49 heavy (non-hydrogen) atoms. The number of hydrogen-bond acceptors (Lipinski definition) is 14. The van der Waals surface area contributed by atoms with E-state index in [-0.39, 0.29) is 62.0 Å². The molecule has 0 unspecified atom stereocenters. The molecule has 2 aromatic rings. The standard InChI is InChI=1S/C34H48FN3O11/c1-33(2,21-34(3,4)36)22-49-24-10-12-26(38(19-31(41)45-7)20-32(42)46-8)28(16-24)48-14-13-47-27-15-23(35)9-11-25(27)37(17-29(39)43-5)18-30(40)44-6/h9-12,15-16H,13-14,17-22,36H2,1-8H3. The molecule has 0 aliphatic heterocycles. The van der Waals surface area contributed by atoms with Crippen LogP contribution < -0.4 is 29.7 Å². The van der Waals surface area contributed by atoms with Crippen LogP contribution in [0.5, 0.6) is 17.2 Å². The molecular formula is C34H48FN3O11. The molecule has 0 saturated carbocycles. The van der Waals surface area contributed by atoms with E-state index in [0.717, 1.165) is 12.1 Å². The van der Waals surface area contributed by atoms with Crippen molar-refractivity contribution in [3.63, 3.8) is 0 Å². The number of hydrogen-bond donors (Lipinski definition) is 1. The lowest BCUT2D eigenvalue weighted by Crippen LogP contribution is -2.39. The highest BCUT2D eigenvalue weighted by Gasteiger charge is 2.27. The van der Waals surface area contributed by atoms with Crippen molar-refractivity contribution >= 4 is 35.3 Å². The number of benzene rings is 2. The van der Waals surface area contributed by atoms with E-state index in [1.807, 2.05) is 27.7 Å². The first kappa shape index (κ1) is 40.4. The molecule has 0 fully saturated rings. The molecule has 14 nitrogen and oxygen atoms in total. The van der Waals surface area contributed by atoms with Gasteiger partial charge in [0.05, 0.1) is 46.4 Å². The molecule has 0 atom stereocenters. The topological polar surface area (TPSA) is 165 Å². The van der Waals surface area contributed by atoms with Crippen LogP contribution in [0, 0.1) is 11.2 Å². The third kappa shape index (κ3) is 14.1. The molecule has 0 aromatic heterocycles. The Bertz CT molecular complexity index is 1390. The van der Waals surface area contributed by atoms with Crippen LogP contribution in [0.15, 0.2) is 36.4 Å². The molecule has 0 bridgehead atoms. The maximum atomic E-state index is 14.3. The van der Waals surface area contributed by atoms with Gasteiger partial charge in [0.1, 0.15) is 62.5 Å². The molecule has 0 heterocycles. The molecule has 272 valence electrons. The monoisotopic (exact) mass is 693 g/mol. The molecular weight excluding hydrogens is 645 g/mol. The lowest BCUT2D eigenvalue weighted by atomic mass is 9.81. The van der Waals surface area contributed by atoms with Gasteiger partial charge in [0.2, 0.25) is 0 Å². The van der Waals surface area contributed by atoms with E-state index < -0.39 is 35.2 Å². The number of esters is 4. The van der Waals surface area contributed by atoms with Crippen LogP contribution >= 0.6 is 0 Å². The first-order valence-corrected chi connectivity index (χ1v) is 15.4. The Balaban J connectivity index is 2.38. The van der Waals surface area contributed by atoms with Gasteiger partial charge < -0.3 is 48.7 Å². The zero-order chi connectivity index (χ0) is 36.8. The van der Waals surface area contributed by atoms with E-state index in [9.17, 15) is 23.6 Å². The molecule has 2 rings (SSSR count). The lowest BCUT2D eigenvalue weighted by molar-refractivity contribution is -0.141. The number of nitrogens with zero attached hydrogens (tertiary/aromatic N) is 2. The van der Waals surface area contributed by atoms with Crippen LogP contribution in [0.3, 0.4) is 0 Å². The number of carbonyl (C=O) groups is 4. The SMILES string of the molecule is COC(=O)CN(CC(=O)OC)c1ccc(F)cc1OCCOc1cc(OCC(C)(C)CC(C)(C)N)ccc1N(CC(=O)OC)CC(=O)OC. The summed E-state index contributed by atoms with van der Waals surface area (Å²) in [5.41, 5.74) is 6.15. The van der Waals surface area contributed by atoms with Crippen molar-refractivity contribution in [2.45, 2.75) is 39.7 Å². The fourth-order valence-electron chi connectivity index (χ4n) is 5.03. The fourth-order valence-corrected chi connectivity index (χ4v) is 5.03. The van der Waals surface area contributed by atoms with Gasteiger partial charge in [0.25, 0.3) is 0 Å². The normalized spacial score (nSPS) is 11.2. The first-order valence-electron chi connectivity index (χ1n) is 15.4. The van der Waals surface area contributed by atoms with Crippen molar-refractivity contribution in [2.75, 3.05) is 84.2 Å². The molecule has 2 aromatic carbocycles. The molecule has 0 aliphatic carbocycles. The summed E-state index contributed by atoms with van der Waals surface area (Å²) in [6.45, 7) is 6.81. The molecule has 0 spiro atoms. The highest BCUT2D eigenvalue weighted by molar-refractivity contribution is 5.83. The summed E-state index contributed by atoms with van der Waals surface area (Å²) >= 11 is 0. The molecule has 0 aliphatic rings. The summed E-state index contributed by atoms with van der Waals surface area (Å²) in [7, 11) is 4.86. The summed E-state index contributed by atoms with van der Waals surface area (Å²) in [6, 6.07) is 8.56. The minimum Gasteiger partial charge on any atom is -0.493 e. The molecule has 0 saturated heterocycles. The minimum atomic E-state index is -0.643. The van der Waals surface area contributed by atoms with Gasteiger partial charge in [-0.3, -0.25) is 19.2 Å². The average molecular weight is 694 g/mol. The van der Waals surface area contributed by atoms with Crippen LogP contribution in [0.2, 0.25) is 0 Å². The Kier molecular flexibility index (Phi) is 15.4. The molecule has 0 radical (unpaired) electrons. The van der Waals surface area contributed by atoms with Crippen LogP contribution in [-0.4, -0.2) is 104 Å². The quantitative estimate of drug-likeness (QED) is 0.122. The third-order valence-electron chi connectivity index (χ3n) is 6.89. The van der Waals surface area contributed by atoms with Crippen LogP contribution in [0.4, 0.5) is 15.8 Å². The zero-order valence-electron chi connectivity index (χ0n) is 29.5. The number of rotatable bonds is 20. The van der Waals surface area contributed by atoms with Gasteiger partial charge in [-0.1, -0.05) is 13.8 Å². The Morgan fingerprint density at radius 2 is 1.06 bits per heavy atom. The van der Waals surface area contributed by atoms with Gasteiger partial charge >= 0.3 is 23.9 Å². The zero-order valence-corrected chi connectivity index (χ0v) is 29.5. The largest absolute Gasteiger partial charge is 0.493 e. The predicted octanol–water partition coefficient (Wildman–Crippen LogP) is 3.12. The van der Waals surface area contributed by atoms with E-state index in [1.165, 1.54) is 44.3 Å². The summed E-state index contributed by atoms with van der Waals surface area (Å²) in [6.07, 6.45) is 0.684. The van der Waals surface area contributed by atoms with Crippen molar-refractivity contribution in [1.29, 1.82) is 0 Å². The number of halogens is 1. The summed E-state index contributed by atoms with van der Waals surface area (Å²) in [5.74, 6) is -2.40. The maximum absolute atomic E-state index is 14.3. The van der Waals surface area contributed by atoms with Gasteiger partial charge in [-0.25, -0.2) is 4.39 Å². The van der Waals surface area contributed by atoms with Crippen molar-refractivity contribution in [3.05, 3.63) is 42.2 Å². The Morgan fingerprint density at radius 3 is 1.47 bits per heavy atom. The first-order chi connectivity index (χ1) is 23.0. The minimum absolute atomic E-state index is 0.0248. The number of methoxy groups -OCH3 is 4. The number of ether oxygens (including phenoxy) is 7. The van der Waals surface area contributed by atoms with Gasteiger partial charge in [-0.2, -0.15) is 0 Å². The second-order valence-electron chi connectivity index (χ2n) is 12.6. The Morgan fingerprint density at radius 1 is 0.653 bits per heavy atom. The fraction of sp³-hybridized carbons (Fsp3) is 0.529.